The third-order valence-corrected chi connectivity index (χ3v) is 3.61. The van der Waals surface area contributed by atoms with Crippen LogP contribution in [0.2, 0.25) is 0 Å². The summed E-state index contributed by atoms with van der Waals surface area (Å²) in [4.78, 5) is 11.9. The lowest BCUT2D eigenvalue weighted by Crippen LogP contribution is -2.13. The number of hydrogen-bond acceptors (Lipinski definition) is 2. The molecule has 128 valence electrons. The van der Waals surface area contributed by atoms with Crippen molar-refractivity contribution in [2.45, 2.75) is 31.9 Å². The van der Waals surface area contributed by atoms with E-state index in [0.29, 0.717) is 23.4 Å². The number of aryl methyl sites for hydroxylation is 2. The summed E-state index contributed by atoms with van der Waals surface area (Å²) < 4.78 is 36.5. The van der Waals surface area contributed by atoms with Crippen LogP contribution >= 0.6 is 0 Å². The highest BCUT2D eigenvalue weighted by atomic mass is 19.4. The van der Waals surface area contributed by atoms with Gasteiger partial charge in [-0.15, -0.1) is 0 Å². The van der Waals surface area contributed by atoms with E-state index in [0.717, 1.165) is 5.56 Å². The van der Waals surface area contributed by atoms with Crippen LogP contribution in [-0.4, -0.2) is 12.1 Å². The number of rotatable bonds is 6. The molecule has 0 aliphatic rings. The average molecular weight is 336 g/mol. The van der Waals surface area contributed by atoms with Gasteiger partial charge in [0.05, 0.1) is 0 Å². The Morgan fingerprint density at radius 2 is 1.67 bits per heavy atom. The normalized spacial score (nSPS) is 11.3. The molecule has 0 bridgehead atoms. The zero-order chi connectivity index (χ0) is 17.6. The number of nitrogen functional groups attached to an aromatic ring is 1. The molecule has 0 atom stereocenters. The van der Waals surface area contributed by atoms with Crippen molar-refractivity contribution >= 4 is 17.3 Å². The fourth-order valence-electron chi connectivity index (χ4n) is 2.27. The van der Waals surface area contributed by atoms with E-state index in [-0.39, 0.29) is 18.7 Å². The Kier molecular flexibility index (Phi) is 5.84. The van der Waals surface area contributed by atoms with Gasteiger partial charge in [-0.2, -0.15) is 13.2 Å². The van der Waals surface area contributed by atoms with Crippen LogP contribution in [0.5, 0.6) is 0 Å². The fourth-order valence-corrected chi connectivity index (χ4v) is 2.27. The number of halogens is 3. The third-order valence-electron chi connectivity index (χ3n) is 3.61. The van der Waals surface area contributed by atoms with Gasteiger partial charge < -0.3 is 11.1 Å². The highest BCUT2D eigenvalue weighted by molar-refractivity contribution is 5.90. The smallest absolute Gasteiger partial charge is 0.389 e. The van der Waals surface area contributed by atoms with Crippen LogP contribution in [0.3, 0.4) is 0 Å². The van der Waals surface area contributed by atoms with Crippen LogP contribution in [0.15, 0.2) is 48.5 Å². The molecule has 0 heterocycles. The molecule has 1 amide bonds. The largest absolute Gasteiger partial charge is 0.399 e. The molecular formula is C18H19F3N2O. The SMILES string of the molecule is Nc1ccccc1CCC(=O)Nc1ccc(CCC(F)(F)F)cc1. The van der Waals surface area contributed by atoms with Gasteiger partial charge in [0.25, 0.3) is 0 Å². The van der Waals surface area contributed by atoms with E-state index in [1.54, 1.807) is 30.3 Å². The number of anilines is 2. The van der Waals surface area contributed by atoms with Crippen LogP contribution < -0.4 is 11.1 Å². The Morgan fingerprint density at radius 1 is 1.00 bits per heavy atom. The standard InChI is InChI=1S/C18H19F3N2O/c19-18(20,21)12-11-13-5-8-15(9-6-13)23-17(24)10-7-14-3-1-2-4-16(14)22/h1-6,8-9H,7,10-12,22H2,(H,23,24). The van der Waals surface area contributed by atoms with Crippen LogP contribution in [0.25, 0.3) is 0 Å². The first kappa shape index (κ1) is 17.8. The van der Waals surface area contributed by atoms with Crippen LogP contribution in [0.1, 0.15) is 24.0 Å². The van der Waals surface area contributed by atoms with E-state index < -0.39 is 12.6 Å². The summed E-state index contributed by atoms with van der Waals surface area (Å²) >= 11 is 0. The summed E-state index contributed by atoms with van der Waals surface area (Å²) in [5, 5.41) is 2.73. The van der Waals surface area contributed by atoms with Gasteiger partial charge in [-0.05, 0) is 42.2 Å². The minimum atomic E-state index is -4.16. The predicted molar refractivity (Wildman–Crippen MR) is 88.6 cm³/mol. The lowest BCUT2D eigenvalue weighted by Gasteiger charge is -2.09. The second-order valence-electron chi connectivity index (χ2n) is 5.56. The highest BCUT2D eigenvalue weighted by Gasteiger charge is 2.26. The molecule has 2 aromatic carbocycles. The van der Waals surface area contributed by atoms with Gasteiger partial charge in [-0.1, -0.05) is 30.3 Å². The number of nitrogens with two attached hydrogens (primary N) is 1. The molecule has 3 N–H and O–H groups in total. The maximum Gasteiger partial charge on any atom is 0.389 e. The second kappa shape index (κ2) is 7.86. The Balaban J connectivity index is 1.82. The zero-order valence-electron chi connectivity index (χ0n) is 13.1. The summed E-state index contributed by atoms with van der Waals surface area (Å²) in [5.41, 5.74) is 8.54. The minimum absolute atomic E-state index is 0.0645. The molecule has 0 spiro atoms. The minimum Gasteiger partial charge on any atom is -0.399 e. The Bertz CT molecular complexity index is 681. The van der Waals surface area contributed by atoms with E-state index in [2.05, 4.69) is 5.32 Å². The monoisotopic (exact) mass is 336 g/mol. The van der Waals surface area contributed by atoms with E-state index >= 15 is 0 Å². The molecule has 0 aliphatic heterocycles. The Hall–Kier alpha value is -2.50. The Morgan fingerprint density at radius 3 is 2.29 bits per heavy atom. The number of para-hydroxylation sites is 1. The maximum absolute atomic E-state index is 12.2. The van der Waals surface area contributed by atoms with Crippen molar-refractivity contribution in [2.24, 2.45) is 0 Å². The Labute approximate surface area is 138 Å². The fraction of sp³-hybridized carbons (Fsp3) is 0.278. The lowest BCUT2D eigenvalue weighted by atomic mass is 10.1. The third kappa shape index (κ3) is 5.95. The van der Waals surface area contributed by atoms with Crippen molar-refractivity contribution in [1.82, 2.24) is 0 Å². The summed E-state index contributed by atoms with van der Waals surface area (Å²) in [5.74, 6) is -0.165. The number of nitrogens with one attached hydrogen (secondary N) is 1. The maximum atomic E-state index is 12.2. The van der Waals surface area contributed by atoms with Crippen molar-refractivity contribution in [1.29, 1.82) is 0 Å². The van der Waals surface area contributed by atoms with Gasteiger partial charge in [0.2, 0.25) is 5.91 Å². The quantitative estimate of drug-likeness (QED) is 0.771. The molecule has 3 nitrogen and oxygen atoms in total. The molecule has 0 aliphatic carbocycles. The number of alkyl halides is 3. The predicted octanol–water partition coefficient (Wildman–Crippen LogP) is 4.34. The molecule has 0 saturated heterocycles. The van der Waals surface area contributed by atoms with E-state index in [1.165, 1.54) is 0 Å². The van der Waals surface area contributed by atoms with Gasteiger partial charge in [-0.25, -0.2) is 0 Å². The van der Waals surface area contributed by atoms with Crippen LogP contribution in [0, 0.1) is 0 Å². The van der Waals surface area contributed by atoms with Crippen molar-refractivity contribution in [2.75, 3.05) is 11.1 Å². The van der Waals surface area contributed by atoms with Crippen molar-refractivity contribution in [3.63, 3.8) is 0 Å². The molecular weight excluding hydrogens is 317 g/mol. The van der Waals surface area contributed by atoms with Crippen LogP contribution in [-0.2, 0) is 17.6 Å². The molecule has 6 heteroatoms. The van der Waals surface area contributed by atoms with E-state index in [4.69, 9.17) is 5.73 Å². The molecule has 0 fully saturated rings. The second-order valence-corrected chi connectivity index (χ2v) is 5.56. The van der Waals surface area contributed by atoms with Gasteiger partial charge in [0.1, 0.15) is 0 Å². The first-order valence-electron chi connectivity index (χ1n) is 7.62. The summed E-state index contributed by atoms with van der Waals surface area (Å²) in [6, 6.07) is 13.8. The number of carbonyl (C=O) groups excluding carboxylic acids is 1. The molecule has 2 aromatic rings. The molecule has 0 aromatic heterocycles. The van der Waals surface area contributed by atoms with Gasteiger partial charge >= 0.3 is 6.18 Å². The molecule has 0 saturated carbocycles. The van der Waals surface area contributed by atoms with Gasteiger partial charge in [-0.3, -0.25) is 4.79 Å². The first-order valence-corrected chi connectivity index (χ1v) is 7.62. The summed E-state index contributed by atoms with van der Waals surface area (Å²) in [7, 11) is 0. The number of amides is 1. The zero-order valence-corrected chi connectivity index (χ0v) is 13.1. The van der Waals surface area contributed by atoms with Gasteiger partial charge in [0.15, 0.2) is 0 Å². The molecule has 2 rings (SSSR count). The number of benzene rings is 2. The summed E-state index contributed by atoms with van der Waals surface area (Å²) in [6.45, 7) is 0. The van der Waals surface area contributed by atoms with Crippen molar-refractivity contribution in [3.8, 4) is 0 Å². The topological polar surface area (TPSA) is 55.1 Å². The van der Waals surface area contributed by atoms with E-state index in [9.17, 15) is 18.0 Å². The molecule has 0 unspecified atom stereocenters. The lowest BCUT2D eigenvalue weighted by molar-refractivity contribution is -0.134. The summed E-state index contributed by atoms with van der Waals surface area (Å²) in [6.07, 6.45) is -4.26. The highest BCUT2D eigenvalue weighted by Crippen LogP contribution is 2.22. The van der Waals surface area contributed by atoms with Crippen molar-refractivity contribution in [3.05, 3.63) is 59.7 Å². The first-order chi connectivity index (χ1) is 11.3. The van der Waals surface area contributed by atoms with Crippen LogP contribution in [0.4, 0.5) is 24.5 Å². The molecule has 24 heavy (non-hydrogen) atoms. The van der Waals surface area contributed by atoms with Crippen molar-refractivity contribution < 1.29 is 18.0 Å². The number of hydrogen-bond donors (Lipinski definition) is 2. The molecule has 0 radical (unpaired) electrons. The number of carbonyl (C=O) groups is 1. The van der Waals surface area contributed by atoms with Gasteiger partial charge in [0, 0.05) is 24.2 Å². The van der Waals surface area contributed by atoms with E-state index in [1.807, 2.05) is 18.2 Å². The average Bonchev–Trinajstić information content (AvgIpc) is 2.53.